The average Bonchev–Trinajstić information content (AvgIpc) is 2.56. The molecule has 0 N–H and O–H groups in total. The molecule has 0 spiro atoms. The average molecular weight is 418 g/mol. The quantitative estimate of drug-likeness (QED) is 0.369. The van der Waals surface area contributed by atoms with Crippen LogP contribution in [-0.2, 0) is 0 Å². The van der Waals surface area contributed by atoms with Crippen molar-refractivity contribution in [1.82, 2.24) is 0 Å². The van der Waals surface area contributed by atoms with E-state index in [-0.39, 0.29) is 26.0 Å². The topological polar surface area (TPSA) is 73.3 Å². The maximum absolute atomic E-state index is 12.5. The molecule has 7 heteroatoms. The van der Waals surface area contributed by atoms with Crippen LogP contribution in [0.4, 0.5) is 5.69 Å². The van der Waals surface area contributed by atoms with Gasteiger partial charge >= 0.3 is 152 Å². The monoisotopic (exact) mass is 419 g/mol. The summed E-state index contributed by atoms with van der Waals surface area (Å²) in [5.74, 6) is 0. The van der Waals surface area contributed by atoms with Gasteiger partial charge in [-0.05, 0) is 0 Å². The van der Waals surface area contributed by atoms with E-state index in [2.05, 4.69) is 19.6 Å². The third kappa shape index (κ3) is 3.44. The summed E-state index contributed by atoms with van der Waals surface area (Å²) < 4.78 is 7.60. The van der Waals surface area contributed by atoms with E-state index in [0.29, 0.717) is 10.8 Å². The zero-order valence-corrected chi connectivity index (χ0v) is 16.8. The van der Waals surface area contributed by atoms with Gasteiger partial charge in [0.2, 0.25) is 0 Å². The molecule has 0 saturated carbocycles. The summed E-state index contributed by atoms with van der Waals surface area (Å²) in [6.45, 7) is 6.24. The first-order valence-electron chi connectivity index (χ1n) is 7.76. The molecule has 0 atom stereocenters. The number of nitrogens with zero attached hydrogens (tertiary/aromatic N) is 1. The fourth-order valence-electron chi connectivity index (χ4n) is 2.61. The Labute approximate surface area is 152 Å². The summed E-state index contributed by atoms with van der Waals surface area (Å²) in [7, 11) is -2.01. The van der Waals surface area contributed by atoms with Crippen molar-refractivity contribution < 1.29 is 9.34 Å². The number of fused-ring (bicyclic) bond motifs is 1. The number of nitro groups is 1. The van der Waals surface area contributed by atoms with Crippen LogP contribution in [0.2, 0.25) is 19.6 Å². The van der Waals surface area contributed by atoms with Crippen molar-refractivity contribution in [1.29, 1.82) is 0 Å². The molecule has 0 bridgehead atoms. The molecule has 3 aromatic rings. The molecule has 0 unspecified atom stereocenters. The predicted molar refractivity (Wildman–Crippen MR) is 104 cm³/mol. The molecular formula is C18H17NO4SeSi. The molecule has 0 amide bonds. The van der Waals surface area contributed by atoms with Crippen molar-refractivity contribution in [3.63, 3.8) is 0 Å². The van der Waals surface area contributed by atoms with E-state index in [1.807, 2.05) is 30.3 Å². The third-order valence-electron chi connectivity index (χ3n) is 3.73. The molecule has 0 radical (unpaired) electrons. The van der Waals surface area contributed by atoms with Gasteiger partial charge in [0, 0.05) is 0 Å². The van der Waals surface area contributed by atoms with Crippen molar-refractivity contribution in [2.24, 2.45) is 0 Å². The number of nitro benzene ring substituents is 1. The first-order chi connectivity index (χ1) is 11.8. The minimum absolute atomic E-state index is 0.0299. The van der Waals surface area contributed by atoms with Gasteiger partial charge in [-0.3, -0.25) is 0 Å². The van der Waals surface area contributed by atoms with Crippen molar-refractivity contribution >= 4 is 53.8 Å². The summed E-state index contributed by atoms with van der Waals surface area (Å²) in [5.41, 5.74) is -0.526. The first-order valence-corrected chi connectivity index (χ1v) is 13.0. The number of non-ortho nitro benzene ring substituents is 1. The molecular weight excluding hydrogens is 401 g/mol. The van der Waals surface area contributed by atoms with E-state index in [4.69, 9.17) is 4.42 Å². The second kappa shape index (κ2) is 6.59. The van der Waals surface area contributed by atoms with E-state index < -0.39 is 18.6 Å². The van der Waals surface area contributed by atoms with E-state index in [0.717, 1.165) is 8.92 Å². The molecule has 2 aromatic carbocycles. The third-order valence-corrected chi connectivity index (χ3v) is 8.16. The summed E-state index contributed by atoms with van der Waals surface area (Å²) in [6.07, 6.45) is 0. The number of benzene rings is 2. The van der Waals surface area contributed by atoms with Gasteiger partial charge in [-0.2, -0.15) is 0 Å². The molecule has 3 rings (SSSR count). The summed E-state index contributed by atoms with van der Waals surface area (Å²) in [4.78, 5) is 23.6. The zero-order valence-electron chi connectivity index (χ0n) is 14.1. The summed E-state index contributed by atoms with van der Waals surface area (Å²) >= 11 is -0.196. The van der Waals surface area contributed by atoms with Crippen LogP contribution in [0.25, 0.3) is 10.8 Å². The van der Waals surface area contributed by atoms with E-state index in [1.54, 1.807) is 6.07 Å². The fraction of sp³-hybridized carbons (Fsp3) is 0.167. The molecule has 1 heterocycles. The van der Waals surface area contributed by atoms with Crippen LogP contribution in [-0.4, -0.2) is 28.0 Å². The van der Waals surface area contributed by atoms with Crippen LogP contribution < -0.4 is 19.9 Å². The first kappa shape index (κ1) is 17.6. The van der Waals surface area contributed by atoms with Crippen LogP contribution in [0, 0.1) is 10.1 Å². The van der Waals surface area contributed by atoms with Gasteiger partial charge in [-0.1, -0.05) is 0 Å². The Kier molecular flexibility index (Phi) is 4.64. The van der Waals surface area contributed by atoms with Crippen molar-refractivity contribution in [2.75, 3.05) is 0 Å². The van der Waals surface area contributed by atoms with Gasteiger partial charge in [0.1, 0.15) is 0 Å². The Morgan fingerprint density at radius 2 is 1.72 bits per heavy atom. The van der Waals surface area contributed by atoms with Crippen LogP contribution in [0.5, 0.6) is 0 Å². The maximum atomic E-state index is 12.5. The minimum atomic E-state index is -2.01. The molecule has 0 fully saturated rings. The van der Waals surface area contributed by atoms with Crippen LogP contribution in [0.1, 0.15) is 0 Å². The Balaban J connectivity index is 2.42. The standard InChI is InChI=1S/C18H17NO4SeSi/c1-25(2,3)18-16(24-12-8-5-4-6-9-12)15-13(17(20)23-18)10-7-11-14(15)19(21)22/h4-11H,1-3H3. The fourth-order valence-corrected chi connectivity index (χ4v) is 8.06. The molecule has 25 heavy (non-hydrogen) atoms. The zero-order chi connectivity index (χ0) is 18.2. The molecule has 0 aliphatic heterocycles. The Bertz CT molecular complexity index is 1010. The second-order valence-corrected chi connectivity index (χ2v) is 13.9. The van der Waals surface area contributed by atoms with Gasteiger partial charge in [0.05, 0.1) is 0 Å². The summed E-state index contributed by atoms with van der Waals surface area (Å²) in [6, 6.07) is 14.4. The SMILES string of the molecule is C[Si](C)(C)c1oc(=O)c2cccc([N+](=O)[O-])c2c1[Se]c1ccccc1. The Hall–Kier alpha value is -2.21. The number of hydrogen-bond donors (Lipinski definition) is 0. The molecule has 1 aromatic heterocycles. The van der Waals surface area contributed by atoms with E-state index in [1.165, 1.54) is 12.1 Å². The Morgan fingerprint density at radius 3 is 2.32 bits per heavy atom. The summed E-state index contributed by atoms with van der Waals surface area (Å²) in [5, 5.41) is 13.0. The van der Waals surface area contributed by atoms with Crippen molar-refractivity contribution in [3.05, 3.63) is 69.1 Å². The number of hydrogen-bond acceptors (Lipinski definition) is 4. The molecule has 5 nitrogen and oxygen atoms in total. The van der Waals surface area contributed by atoms with Crippen LogP contribution >= 0.6 is 0 Å². The van der Waals surface area contributed by atoms with E-state index >= 15 is 0 Å². The second-order valence-electron chi connectivity index (χ2n) is 6.67. The Morgan fingerprint density at radius 1 is 1.04 bits per heavy atom. The molecule has 0 aliphatic rings. The van der Waals surface area contributed by atoms with Crippen LogP contribution in [0.3, 0.4) is 0 Å². The van der Waals surface area contributed by atoms with Gasteiger partial charge in [-0.25, -0.2) is 0 Å². The van der Waals surface area contributed by atoms with Gasteiger partial charge < -0.3 is 0 Å². The van der Waals surface area contributed by atoms with Gasteiger partial charge in [-0.15, -0.1) is 0 Å². The molecule has 0 aliphatic carbocycles. The predicted octanol–water partition coefficient (Wildman–Crippen LogP) is 1.90. The van der Waals surface area contributed by atoms with Crippen molar-refractivity contribution in [2.45, 2.75) is 19.6 Å². The van der Waals surface area contributed by atoms with Crippen molar-refractivity contribution in [3.8, 4) is 0 Å². The van der Waals surface area contributed by atoms with E-state index in [9.17, 15) is 14.9 Å². The molecule has 128 valence electrons. The molecule has 0 saturated heterocycles. The van der Waals surface area contributed by atoms with Gasteiger partial charge in [0.15, 0.2) is 0 Å². The van der Waals surface area contributed by atoms with Gasteiger partial charge in [0.25, 0.3) is 0 Å². The normalized spacial score (nSPS) is 11.6. The number of rotatable bonds is 4. The van der Waals surface area contributed by atoms with Crippen LogP contribution in [0.15, 0.2) is 57.7 Å².